The minimum atomic E-state index is 0.208. The second-order valence-electron chi connectivity index (χ2n) is 6.03. The smallest absolute Gasteiger partial charge is 0.140 e. The Kier molecular flexibility index (Phi) is 5.17. The van der Waals surface area contributed by atoms with Crippen molar-refractivity contribution < 1.29 is 9.47 Å². The van der Waals surface area contributed by atoms with Crippen LogP contribution in [0.25, 0.3) is 10.2 Å². The highest BCUT2D eigenvalue weighted by Gasteiger charge is 2.15. The monoisotopic (exact) mass is 374 g/mol. The zero-order valence-corrected chi connectivity index (χ0v) is 15.3. The summed E-state index contributed by atoms with van der Waals surface area (Å²) in [7, 11) is 0. The molecule has 4 nitrogen and oxygen atoms in total. The first kappa shape index (κ1) is 16.8. The molecule has 130 valence electrons. The highest BCUT2D eigenvalue weighted by Crippen LogP contribution is 2.28. The van der Waals surface area contributed by atoms with Crippen LogP contribution < -0.4 is 10.1 Å². The number of para-hydroxylation sites is 1. The number of benzene rings is 2. The van der Waals surface area contributed by atoms with Gasteiger partial charge in [0.1, 0.15) is 17.4 Å². The van der Waals surface area contributed by atoms with Crippen molar-refractivity contribution in [3.8, 4) is 5.75 Å². The molecule has 2 heterocycles. The number of thiazole rings is 1. The molecule has 1 atom stereocenters. The second kappa shape index (κ2) is 7.70. The number of nitrogens with one attached hydrogen (secondary N) is 1. The average molecular weight is 375 g/mol. The van der Waals surface area contributed by atoms with Crippen molar-refractivity contribution in [3.63, 3.8) is 0 Å². The molecule has 0 unspecified atom stereocenters. The van der Waals surface area contributed by atoms with Crippen LogP contribution in [0.5, 0.6) is 5.75 Å². The Morgan fingerprint density at radius 3 is 3.00 bits per heavy atom. The first-order chi connectivity index (χ1) is 12.3. The molecule has 2 aromatic carbocycles. The van der Waals surface area contributed by atoms with Crippen molar-refractivity contribution >= 4 is 33.2 Å². The van der Waals surface area contributed by atoms with Gasteiger partial charge in [-0.1, -0.05) is 29.8 Å². The zero-order chi connectivity index (χ0) is 17.1. The summed E-state index contributed by atoms with van der Waals surface area (Å²) >= 11 is 8.04. The maximum Gasteiger partial charge on any atom is 0.140 e. The van der Waals surface area contributed by atoms with Crippen molar-refractivity contribution in [1.82, 2.24) is 10.3 Å². The van der Waals surface area contributed by atoms with Gasteiger partial charge in [0.25, 0.3) is 0 Å². The van der Waals surface area contributed by atoms with E-state index in [0.717, 1.165) is 42.2 Å². The summed E-state index contributed by atoms with van der Waals surface area (Å²) in [6.07, 6.45) is 1.06. The number of rotatable bonds is 5. The fraction of sp³-hybridized carbons (Fsp3) is 0.316. The topological polar surface area (TPSA) is 43.4 Å². The maximum atomic E-state index is 6.39. The van der Waals surface area contributed by atoms with Crippen molar-refractivity contribution in [2.75, 3.05) is 19.7 Å². The van der Waals surface area contributed by atoms with E-state index in [4.69, 9.17) is 21.1 Å². The Labute approximate surface area is 155 Å². The predicted octanol–water partition coefficient (Wildman–Crippen LogP) is 4.06. The molecule has 1 aliphatic rings. The van der Waals surface area contributed by atoms with E-state index in [-0.39, 0.29) is 6.10 Å². The number of fused-ring (bicyclic) bond motifs is 1. The summed E-state index contributed by atoms with van der Waals surface area (Å²) in [5.74, 6) is 0.687. The predicted molar refractivity (Wildman–Crippen MR) is 102 cm³/mol. The highest BCUT2D eigenvalue weighted by atomic mass is 35.5. The van der Waals surface area contributed by atoms with Crippen LogP contribution in [-0.2, 0) is 17.8 Å². The first-order valence-corrected chi connectivity index (χ1v) is 9.55. The number of ether oxygens (including phenoxy) is 2. The summed E-state index contributed by atoms with van der Waals surface area (Å²) in [4.78, 5) is 4.58. The number of hydrogen-bond acceptors (Lipinski definition) is 5. The lowest BCUT2D eigenvalue weighted by molar-refractivity contribution is 0.0292. The standard InChI is InChI=1S/C19H19ClN2O2S/c20-15-10-13(9-14-11-21-7-8-23-14)5-6-17(15)24-12-19-22-16-3-1-2-4-18(16)25-19/h1-6,10,14,21H,7-9,11-12H2/t14-/m1/s1. The van der Waals surface area contributed by atoms with Crippen molar-refractivity contribution in [2.45, 2.75) is 19.1 Å². The van der Waals surface area contributed by atoms with E-state index in [1.54, 1.807) is 11.3 Å². The first-order valence-electron chi connectivity index (χ1n) is 8.36. The second-order valence-corrected chi connectivity index (χ2v) is 7.55. The van der Waals surface area contributed by atoms with Gasteiger partial charge in [0.15, 0.2) is 0 Å². The van der Waals surface area contributed by atoms with Gasteiger partial charge in [-0.05, 0) is 36.2 Å². The summed E-state index contributed by atoms with van der Waals surface area (Å²) in [5.41, 5.74) is 2.17. The van der Waals surface area contributed by atoms with Gasteiger partial charge in [-0.25, -0.2) is 4.98 Å². The molecule has 25 heavy (non-hydrogen) atoms. The number of nitrogens with zero attached hydrogens (tertiary/aromatic N) is 1. The third-order valence-electron chi connectivity index (χ3n) is 4.15. The molecule has 0 amide bonds. The van der Waals surface area contributed by atoms with Gasteiger partial charge >= 0.3 is 0 Å². The van der Waals surface area contributed by atoms with Gasteiger partial charge in [-0.15, -0.1) is 11.3 Å². The quantitative estimate of drug-likeness (QED) is 0.731. The fourth-order valence-corrected chi connectivity index (χ4v) is 4.06. The van der Waals surface area contributed by atoms with E-state index in [0.29, 0.717) is 17.4 Å². The molecule has 3 aromatic rings. The zero-order valence-electron chi connectivity index (χ0n) is 13.7. The normalized spacial score (nSPS) is 17.7. The Morgan fingerprint density at radius 2 is 2.20 bits per heavy atom. The van der Waals surface area contributed by atoms with E-state index in [2.05, 4.69) is 22.4 Å². The van der Waals surface area contributed by atoms with Crippen LogP contribution in [0, 0.1) is 0 Å². The van der Waals surface area contributed by atoms with Crippen LogP contribution in [-0.4, -0.2) is 30.8 Å². The van der Waals surface area contributed by atoms with Crippen molar-refractivity contribution in [1.29, 1.82) is 0 Å². The summed E-state index contributed by atoms with van der Waals surface area (Å²) in [5, 5.41) is 4.92. The third-order valence-corrected chi connectivity index (χ3v) is 5.46. The Bertz CT molecular complexity index is 829. The lowest BCUT2D eigenvalue weighted by Gasteiger charge is -2.23. The van der Waals surface area contributed by atoms with E-state index >= 15 is 0 Å². The Hall–Kier alpha value is -1.66. The van der Waals surface area contributed by atoms with Crippen LogP contribution in [0.3, 0.4) is 0 Å². The summed E-state index contributed by atoms with van der Waals surface area (Å²) in [6.45, 7) is 3.00. The van der Waals surface area contributed by atoms with Crippen LogP contribution in [0.15, 0.2) is 42.5 Å². The van der Waals surface area contributed by atoms with Crippen LogP contribution in [0.2, 0.25) is 5.02 Å². The molecule has 1 fully saturated rings. The van der Waals surface area contributed by atoms with Crippen LogP contribution in [0.4, 0.5) is 0 Å². The van der Waals surface area contributed by atoms with E-state index < -0.39 is 0 Å². The van der Waals surface area contributed by atoms with Crippen LogP contribution >= 0.6 is 22.9 Å². The molecule has 0 saturated carbocycles. The lowest BCUT2D eigenvalue weighted by Crippen LogP contribution is -2.39. The molecule has 0 radical (unpaired) electrons. The van der Waals surface area contributed by atoms with Gasteiger partial charge in [-0.2, -0.15) is 0 Å². The molecule has 0 bridgehead atoms. The van der Waals surface area contributed by atoms with Gasteiger partial charge in [0, 0.05) is 13.1 Å². The number of halogens is 1. The summed E-state index contributed by atoms with van der Waals surface area (Å²) in [6, 6.07) is 14.0. The SMILES string of the molecule is Clc1cc(C[C@@H]2CNCCO2)ccc1OCc1nc2ccccc2s1. The molecule has 1 aliphatic heterocycles. The minimum Gasteiger partial charge on any atom is -0.485 e. The Balaban J connectivity index is 1.40. The van der Waals surface area contributed by atoms with Crippen LogP contribution in [0.1, 0.15) is 10.6 Å². The van der Waals surface area contributed by atoms with Crippen molar-refractivity contribution in [3.05, 3.63) is 58.1 Å². The fourth-order valence-electron chi connectivity index (χ4n) is 2.92. The van der Waals surface area contributed by atoms with Gasteiger partial charge in [0.05, 0.1) is 28.0 Å². The van der Waals surface area contributed by atoms with Gasteiger partial charge in [0.2, 0.25) is 0 Å². The molecule has 0 aliphatic carbocycles. The summed E-state index contributed by atoms with van der Waals surface area (Å²) < 4.78 is 12.8. The number of aromatic nitrogens is 1. The van der Waals surface area contributed by atoms with E-state index in [9.17, 15) is 0 Å². The van der Waals surface area contributed by atoms with Gasteiger partial charge < -0.3 is 14.8 Å². The lowest BCUT2D eigenvalue weighted by atomic mass is 10.1. The molecule has 6 heteroatoms. The van der Waals surface area contributed by atoms with E-state index in [1.807, 2.05) is 30.3 Å². The van der Waals surface area contributed by atoms with E-state index in [1.165, 1.54) is 4.70 Å². The molecule has 1 N–H and O–H groups in total. The largest absolute Gasteiger partial charge is 0.485 e. The average Bonchev–Trinajstić information content (AvgIpc) is 3.05. The number of hydrogen-bond donors (Lipinski definition) is 1. The number of morpholine rings is 1. The van der Waals surface area contributed by atoms with Crippen molar-refractivity contribution in [2.24, 2.45) is 0 Å². The van der Waals surface area contributed by atoms with Gasteiger partial charge in [-0.3, -0.25) is 0 Å². The Morgan fingerprint density at radius 1 is 1.28 bits per heavy atom. The third kappa shape index (κ3) is 4.12. The molecule has 4 rings (SSSR count). The molecular weight excluding hydrogens is 356 g/mol. The molecule has 1 saturated heterocycles. The molecule has 1 aromatic heterocycles. The molecular formula is C19H19ClN2O2S. The minimum absolute atomic E-state index is 0.208. The maximum absolute atomic E-state index is 6.39. The molecule has 0 spiro atoms. The highest BCUT2D eigenvalue weighted by molar-refractivity contribution is 7.18.